The second kappa shape index (κ2) is 6.13. The van der Waals surface area contributed by atoms with Crippen LogP contribution in [0.4, 0.5) is 5.82 Å². The fraction of sp³-hybridized carbons (Fsp3) is 0.647. The lowest BCUT2D eigenvalue weighted by molar-refractivity contribution is 0.115. The SMILES string of the molecule is CCN(CC1CCCO1)c1ncnc2sc3c(c12)CCCC3. The second-order valence-electron chi connectivity index (χ2n) is 6.26. The molecule has 4 rings (SSSR count). The van der Waals surface area contributed by atoms with Crippen LogP contribution in [0.5, 0.6) is 0 Å². The van der Waals surface area contributed by atoms with Crippen molar-refractivity contribution in [3.8, 4) is 0 Å². The Balaban J connectivity index is 1.74. The Morgan fingerprint density at radius 1 is 1.27 bits per heavy atom. The minimum atomic E-state index is 0.361. The molecule has 22 heavy (non-hydrogen) atoms. The summed E-state index contributed by atoms with van der Waals surface area (Å²) < 4.78 is 5.83. The van der Waals surface area contributed by atoms with Crippen molar-refractivity contribution in [2.45, 2.75) is 51.6 Å². The number of ether oxygens (including phenoxy) is 1. The molecule has 1 saturated heterocycles. The molecular weight excluding hydrogens is 294 g/mol. The van der Waals surface area contributed by atoms with Crippen LogP contribution in [0.1, 0.15) is 43.0 Å². The van der Waals surface area contributed by atoms with Gasteiger partial charge < -0.3 is 9.64 Å². The smallest absolute Gasteiger partial charge is 0.141 e. The van der Waals surface area contributed by atoms with Gasteiger partial charge in [0.1, 0.15) is 17.0 Å². The first kappa shape index (κ1) is 14.4. The van der Waals surface area contributed by atoms with Crippen LogP contribution in [0.3, 0.4) is 0 Å². The third kappa shape index (κ3) is 2.50. The molecule has 118 valence electrons. The third-order valence-electron chi connectivity index (χ3n) is 4.86. The van der Waals surface area contributed by atoms with Gasteiger partial charge in [0.05, 0.1) is 11.5 Å². The standard InChI is InChI=1S/C17H23N3OS/c1-2-20(10-12-6-5-9-21-12)16-15-13-7-3-4-8-14(13)22-17(15)19-11-18-16/h11-12H,2-10H2,1H3. The molecule has 0 amide bonds. The molecule has 0 bridgehead atoms. The Morgan fingerprint density at radius 2 is 2.18 bits per heavy atom. The highest BCUT2D eigenvalue weighted by Gasteiger charge is 2.24. The van der Waals surface area contributed by atoms with Crippen LogP contribution < -0.4 is 4.90 Å². The van der Waals surface area contributed by atoms with Gasteiger partial charge in [-0.2, -0.15) is 0 Å². The van der Waals surface area contributed by atoms with E-state index >= 15 is 0 Å². The van der Waals surface area contributed by atoms with E-state index < -0.39 is 0 Å². The number of likely N-dealkylation sites (N-methyl/N-ethyl adjacent to an activating group) is 1. The summed E-state index contributed by atoms with van der Waals surface area (Å²) in [5.41, 5.74) is 1.52. The Kier molecular flexibility index (Phi) is 4.01. The molecule has 0 aromatic carbocycles. The molecule has 1 aliphatic heterocycles. The van der Waals surface area contributed by atoms with E-state index in [2.05, 4.69) is 21.8 Å². The van der Waals surface area contributed by atoms with Gasteiger partial charge >= 0.3 is 0 Å². The van der Waals surface area contributed by atoms with Crippen molar-refractivity contribution < 1.29 is 4.74 Å². The van der Waals surface area contributed by atoms with Crippen LogP contribution in [-0.2, 0) is 17.6 Å². The zero-order valence-electron chi connectivity index (χ0n) is 13.2. The van der Waals surface area contributed by atoms with Gasteiger partial charge in [-0.3, -0.25) is 0 Å². The van der Waals surface area contributed by atoms with E-state index in [9.17, 15) is 0 Å². The zero-order chi connectivity index (χ0) is 14.9. The van der Waals surface area contributed by atoms with Crippen molar-refractivity contribution in [1.29, 1.82) is 0 Å². The largest absolute Gasteiger partial charge is 0.376 e. The summed E-state index contributed by atoms with van der Waals surface area (Å²) >= 11 is 1.88. The van der Waals surface area contributed by atoms with E-state index in [-0.39, 0.29) is 0 Å². The summed E-state index contributed by atoms with van der Waals surface area (Å²) in [6.45, 7) is 5.04. The van der Waals surface area contributed by atoms with Gasteiger partial charge in [0.15, 0.2) is 0 Å². The number of aromatic nitrogens is 2. The normalized spacial score (nSPS) is 21.2. The minimum Gasteiger partial charge on any atom is -0.376 e. The molecule has 1 atom stereocenters. The van der Waals surface area contributed by atoms with Gasteiger partial charge in [-0.1, -0.05) is 0 Å². The summed E-state index contributed by atoms with van der Waals surface area (Å²) in [5.74, 6) is 1.13. The summed E-state index contributed by atoms with van der Waals surface area (Å²) in [6.07, 6.45) is 9.47. The number of anilines is 1. The number of hydrogen-bond donors (Lipinski definition) is 0. The quantitative estimate of drug-likeness (QED) is 0.864. The maximum Gasteiger partial charge on any atom is 0.141 e. The van der Waals surface area contributed by atoms with Crippen LogP contribution in [0.25, 0.3) is 10.2 Å². The number of nitrogens with zero attached hydrogens (tertiary/aromatic N) is 3. The van der Waals surface area contributed by atoms with Gasteiger partial charge in [-0.15, -0.1) is 11.3 Å². The fourth-order valence-corrected chi connectivity index (χ4v) is 4.94. The van der Waals surface area contributed by atoms with Crippen molar-refractivity contribution in [2.24, 2.45) is 0 Å². The summed E-state index contributed by atoms with van der Waals surface area (Å²) in [6, 6.07) is 0. The van der Waals surface area contributed by atoms with Crippen LogP contribution in [0.2, 0.25) is 0 Å². The first-order chi connectivity index (χ1) is 10.9. The van der Waals surface area contributed by atoms with Crippen LogP contribution in [0, 0.1) is 0 Å². The number of fused-ring (bicyclic) bond motifs is 3. The molecule has 3 heterocycles. The maximum absolute atomic E-state index is 5.83. The van der Waals surface area contributed by atoms with E-state index in [0.717, 1.165) is 25.5 Å². The molecule has 2 aromatic heterocycles. The number of thiophene rings is 1. The van der Waals surface area contributed by atoms with E-state index in [1.54, 1.807) is 6.33 Å². The van der Waals surface area contributed by atoms with E-state index in [4.69, 9.17) is 4.74 Å². The maximum atomic E-state index is 5.83. The molecule has 1 aliphatic carbocycles. The lowest BCUT2D eigenvalue weighted by Crippen LogP contribution is -2.32. The van der Waals surface area contributed by atoms with E-state index in [0.29, 0.717) is 6.10 Å². The molecule has 2 aliphatic rings. The molecule has 0 spiro atoms. The fourth-order valence-electron chi connectivity index (χ4n) is 3.71. The Labute approximate surface area is 135 Å². The van der Waals surface area contributed by atoms with Crippen LogP contribution in [-0.4, -0.2) is 35.8 Å². The molecular formula is C17H23N3OS. The van der Waals surface area contributed by atoms with Gasteiger partial charge in [0.2, 0.25) is 0 Å². The van der Waals surface area contributed by atoms with Crippen molar-refractivity contribution in [3.05, 3.63) is 16.8 Å². The highest BCUT2D eigenvalue weighted by atomic mass is 32.1. The van der Waals surface area contributed by atoms with Gasteiger partial charge in [0.25, 0.3) is 0 Å². The third-order valence-corrected chi connectivity index (χ3v) is 6.06. The molecule has 1 unspecified atom stereocenters. The highest BCUT2D eigenvalue weighted by molar-refractivity contribution is 7.19. The Bertz CT molecular complexity index is 663. The molecule has 0 N–H and O–H groups in total. The van der Waals surface area contributed by atoms with Crippen molar-refractivity contribution in [3.63, 3.8) is 0 Å². The monoisotopic (exact) mass is 317 g/mol. The van der Waals surface area contributed by atoms with Gasteiger partial charge in [-0.25, -0.2) is 9.97 Å². The number of aryl methyl sites for hydroxylation is 2. The van der Waals surface area contributed by atoms with Gasteiger partial charge in [-0.05, 0) is 51.0 Å². The van der Waals surface area contributed by atoms with Crippen molar-refractivity contribution in [2.75, 3.05) is 24.6 Å². The number of hydrogen-bond acceptors (Lipinski definition) is 5. The second-order valence-corrected chi connectivity index (χ2v) is 7.35. The van der Waals surface area contributed by atoms with E-state index in [1.165, 1.54) is 59.2 Å². The summed E-state index contributed by atoms with van der Waals surface area (Å²) in [4.78, 5) is 14.3. The summed E-state index contributed by atoms with van der Waals surface area (Å²) in [5, 5.41) is 1.32. The zero-order valence-corrected chi connectivity index (χ0v) is 14.0. The first-order valence-electron chi connectivity index (χ1n) is 8.48. The average Bonchev–Trinajstić information content (AvgIpc) is 3.19. The molecule has 0 saturated carbocycles. The minimum absolute atomic E-state index is 0.361. The van der Waals surface area contributed by atoms with Crippen molar-refractivity contribution in [1.82, 2.24) is 9.97 Å². The number of rotatable bonds is 4. The lowest BCUT2D eigenvalue weighted by Gasteiger charge is -2.26. The highest BCUT2D eigenvalue weighted by Crippen LogP contribution is 2.39. The van der Waals surface area contributed by atoms with Gasteiger partial charge in [0, 0.05) is 24.6 Å². The topological polar surface area (TPSA) is 38.2 Å². The Hall–Kier alpha value is -1.20. The van der Waals surface area contributed by atoms with Crippen molar-refractivity contribution >= 4 is 27.4 Å². The predicted octanol–water partition coefficient (Wildman–Crippen LogP) is 3.58. The molecule has 5 heteroatoms. The summed E-state index contributed by atoms with van der Waals surface area (Å²) in [7, 11) is 0. The molecule has 0 radical (unpaired) electrons. The molecule has 2 aromatic rings. The first-order valence-corrected chi connectivity index (χ1v) is 9.30. The molecule has 4 nitrogen and oxygen atoms in total. The Morgan fingerprint density at radius 3 is 3.00 bits per heavy atom. The molecule has 1 fully saturated rings. The lowest BCUT2D eigenvalue weighted by atomic mass is 9.97. The van der Waals surface area contributed by atoms with Crippen LogP contribution >= 0.6 is 11.3 Å². The van der Waals surface area contributed by atoms with E-state index in [1.807, 2.05) is 11.3 Å². The van der Waals surface area contributed by atoms with Crippen LogP contribution in [0.15, 0.2) is 6.33 Å². The predicted molar refractivity (Wildman–Crippen MR) is 90.9 cm³/mol. The average molecular weight is 317 g/mol.